The fourth-order valence-corrected chi connectivity index (χ4v) is 6.40. The maximum atomic E-state index is 13.1. The first-order chi connectivity index (χ1) is 16.4. The molecule has 0 spiro atoms. The van der Waals surface area contributed by atoms with Crippen LogP contribution in [-0.4, -0.2) is 39.9 Å². The minimum absolute atomic E-state index is 0.0189. The summed E-state index contributed by atoms with van der Waals surface area (Å²) in [7, 11) is 0. The van der Waals surface area contributed by atoms with E-state index in [0.29, 0.717) is 17.8 Å². The summed E-state index contributed by atoms with van der Waals surface area (Å²) in [6, 6.07) is 12.3. The molecule has 4 aromatic rings. The van der Waals surface area contributed by atoms with Crippen LogP contribution in [0.15, 0.2) is 41.2 Å². The Morgan fingerprint density at radius 3 is 2.50 bits per heavy atom. The Balaban J connectivity index is 1.26. The van der Waals surface area contributed by atoms with Crippen molar-refractivity contribution >= 4 is 38.8 Å². The molecule has 1 saturated heterocycles. The van der Waals surface area contributed by atoms with Gasteiger partial charge in [-0.25, -0.2) is 4.98 Å². The zero-order valence-corrected chi connectivity index (χ0v) is 21.2. The molecular formula is C26H28N4O2S2. The molecule has 176 valence electrons. The van der Waals surface area contributed by atoms with Gasteiger partial charge < -0.3 is 10.3 Å². The van der Waals surface area contributed by atoms with Crippen molar-refractivity contribution in [3.05, 3.63) is 72.8 Å². The van der Waals surface area contributed by atoms with E-state index >= 15 is 0 Å². The normalized spacial score (nSPS) is 15.1. The molecule has 6 nitrogen and oxygen atoms in total. The number of piperidine rings is 1. The molecule has 34 heavy (non-hydrogen) atoms. The molecule has 5 rings (SSSR count). The predicted octanol–water partition coefficient (Wildman–Crippen LogP) is 5.03. The van der Waals surface area contributed by atoms with Crippen LogP contribution in [0.4, 0.5) is 0 Å². The van der Waals surface area contributed by atoms with E-state index in [2.05, 4.69) is 53.3 Å². The molecule has 1 amide bonds. The van der Waals surface area contributed by atoms with Gasteiger partial charge in [0.15, 0.2) is 0 Å². The molecule has 4 heterocycles. The zero-order chi connectivity index (χ0) is 23.8. The number of amides is 1. The number of nitrogens with one attached hydrogen (secondary N) is 2. The van der Waals surface area contributed by atoms with Gasteiger partial charge in [0.2, 0.25) is 0 Å². The number of H-pyrrole nitrogens is 1. The van der Waals surface area contributed by atoms with Crippen molar-refractivity contribution in [3.63, 3.8) is 0 Å². The fourth-order valence-electron chi connectivity index (χ4n) is 4.57. The minimum atomic E-state index is -0.0756. The third-order valence-corrected chi connectivity index (χ3v) is 8.39. The summed E-state index contributed by atoms with van der Waals surface area (Å²) < 4.78 is 0. The van der Waals surface area contributed by atoms with Crippen molar-refractivity contribution in [1.82, 2.24) is 20.2 Å². The number of hydrogen-bond donors (Lipinski definition) is 2. The lowest BCUT2D eigenvalue weighted by Gasteiger charge is -2.31. The molecule has 2 N–H and O–H groups in total. The number of aryl methyl sites for hydroxylation is 3. The van der Waals surface area contributed by atoms with E-state index in [-0.39, 0.29) is 17.5 Å². The zero-order valence-electron chi connectivity index (χ0n) is 19.6. The number of carbonyl (C=O) groups is 1. The Morgan fingerprint density at radius 1 is 1.09 bits per heavy atom. The van der Waals surface area contributed by atoms with E-state index in [0.717, 1.165) is 56.5 Å². The van der Waals surface area contributed by atoms with Gasteiger partial charge in [0.05, 0.1) is 16.8 Å². The molecule has 0 saturated carbocycles. The van der Waals surface area contributed by atoms with E-state index in [1.165, 1.54) is 16.9 Å². The van der Waals surface area contributed by atoms with Crippen molar-refractivity contribution in [3.8, 4) is 11.1 Å². The van der Waals surface area contributed by atoms with E-state index < -0.39 is 0 Å². The van der Waals surface area contributed by atoms with Gasteiger partial charge in [-0.05, 0) is 51.3 Å². The number of likely N-dealkylation sites (tertiary alicyclic amines) is 1. The Bertz CT molecular complexity index is 1390. The first kappa shape index (κ1) is 23.0. The summed E-state index contributed by atoms with van der Waals surface area (Å²) in [6.45, 7) is 8.44. The second-order valence-corrected chi connectivity index (χ2v) is 11.5. The topological polar surface area (TPSA) is 78.1 Å². The number of carbonyl (C=O) groups excluding carboxylic acids is 1. The van der Waals surface area contributed by atoms with Gasteiger partial charge in [0.25, 0.3) is 11.5 Å². The Morgan fingerprint density at radius 2 is 1.82 bits per heavy atom. The molecule has 1 aromatic carbocycles. The highest BCUT2D eigenvalue weighted by Gasteiger charge is 2.23. The van der Waals surface area contributed by atoms with Gasteiger partial charge in [0, 0.05) is 34.4 Å². The number of benzene rings is 1. The van der Waals surface area contributed by atoms with Crippen molar-refractivity contribution in [2.45, 2.75) is 46.2 Å². The van der Waals surface area contributed by atoms with Gasteiger partial charge >= 0.3 is 0 Å². The van der Waals surface area contributed by atoms with Crippen molar-refractivity contribution in [1.29, 1.82) is 0 Å². The fraction of sp³-hybridized carbons (Fsp3) is 0.346. The molecule has 0 atom stereocenters. The summed E-state index contributed by atoms with van der Waals surface area (Å²) in [5.74, 6) is 0.719. The van der Waals surface area contributed by atoms with Gasteiger partial charge in [-0.2, -0.15) is 0 Å². The van der Waals surface area contributed by atoms with Crippen LogP contribution in [0.25, 0.3) is 21.3 Å². The first-order valence-corrected chi connectivity index (χ1v) is 13.2. The van der Waals surface area contributed by atoms with E-state index in [4.69, 9.17) is 4.98 Å². The molecule has 0 radical (unpaired) electrons. The molecule has 1 aliphatic rings. The number of nitrogens with zero attached hydrogens (tertiary/aromatic N) is 2. The van der Waals surface area contributed by atoms with Crippen LogP contribution >= 0.6 is 22.7 Å². The summed E-state index contributed by atoms with van der Waals surface area (Å²) in [4.78, 5) is 39.5. The number of rotatable bonds is 5. The van der Waals surface area contributed by atoms with Crippen LogP contribution in [0.2, 0.25) is 0 Å². The largest absolute Gasteiger partial charge is 0.349 e. The lowest BCUT2D eigenvalue weighted by molar-refractivity contribution is 0.0912. The third-order valence-electron chi connectivity index (χ3n) is 6.39. The van der Waals surface area contributed by atoms with Gasteiger partial charge in [-0.3, -0.25) is 14.5 Å². The summed E-state index contributed by atoms with van der Waals surface area (Å²) in [5.41, 5.74) is 3.16. The Hall–Kier alpha value is -2.81. The minimum Gasteiger partial charge on any atom is -0.349 e. The van der Waals surface area contributed by atoms with Crippen molar-refractivity contribution in [2.24, 2.45) is 0 Å². The Kier molecular flexibility index (Phi) is 6.38. The lowest BCUT2D eigenvalue weighted by Crippen LogP contribution is -2.44. The Labute approximate surface area is 206 Å². The first-order valence-electron chi connectivity index (χ1n) is 11.6. The molecule has 0 bridgehead atoms. The van der Waals surface area contributed by atoms with E-state index in [1.807, 2.05) is 19.1 Å². The molecule has 1 fully saturated rings. The van der Waals surface area contributed by atoms with Gasteiger partial charge in [0.1, 0.15) is 10.7 Å². The molecule has 3 aromatic heterocycles. The highest BCUT2D eigenvalue weighted by molar-refractivity contribution is 7.19. The lowest BCUT2D eigenvalue weighted by atomic mass is 10.0. The van der Waals surface area contributed by atoms with Gasteiger partial charge in [-0.15, -0.1) is 22.7 Å². The van der Waals surface area contributed by atoms with Crippen LogP contribution < -0.4 is 10.9 Å². The number of thiophene rings is 2. The maximum Gasteiger partial charge on any atom is 0.261 e. The summed E-state index contributed by atoms with van der Waals surface area (Å²) >= 11 is 3.11. The average Bonchev–Trinajstić information content (AvgIpc) is 3.39. The molecule has 1 aliphatic heterocycles. The van der Waals surface area contributed by atoms with Crippen LogP contribution in [0.1, 0.15) is 43.7 Å². The van der Waals surface area contributed by atoms with E-state index in [9.17, 15) is 9.59 Å². The SMILES string of the molecule is Cc1ccc(-c2c(C)sc3nc(CN4CCC(NC(=O)c5ccc(C)s5)CC4)[nH]c(=O)c23)cc1. The second kappa shape index (κ2) is 9.44. The molecular weight excluding hydrogens is 464 g/mol. The number of aromatic amines is 1. The highest BCUT2D eigenvalue weighted by atomic mass is 32.1. The van der Waals surface area contributed by atoms with Crippen LogP contribution in [0.3, 0.4) is 0 Å². The maximum absolute atomic E-state index is 13.1. The van der Waals surface area contributed by atoms with Crippen LogP contribution in [0, 0.1) is 20.8 Å². The van der Waals surface area contributed by atoms with Crippen molar-refractivity contribution < 1.29 is 4.79 Å². The highest BCUT2D eigenvalue weighted by Crippen LogP contribution is 2.35. The van der Waals surface area contributed by atoms with Crippen LogP contribution in [-0.2, 0) is 6.54 Å². The third kappa shape index (κ3) is 4.71. The van der Waals surface area contributed by atoms with Crippen molar-refractivity contribution in [2.75, 3.05) is 13.1 Å². The van der Waals surface area contributed by atoms with E-state index in [1.54, 1.807) is 11.3 Å². The van der Waals surface area contributed by atoms with Gasteiger partial charge in [-0.1, -0.05) is 29.8 Å². The molecule has 8 heteroatoms. The number of aromatic nitrogens is 2. The smallest absolute Gasteiger partial charge is 0.261 e. The summed E-state index contributed by atoms with van der Waals surface area (Å²) in [6.07, 6.45) is 1.77. The number of hydrogen-bond acceptors (Lipinski definition) is 6. The quantitative estimate of drug-likeness (QED) is 0.409. The second-order valence-electron chi connectivity index (χ2n) is 9.03. The average molecular weight is 493 g/mol. The predicted molar refractivity (Wildman–Crippen MR) is 140 cm³/mol. The van der Waals surface area contributed by atoms with Crippen LogP contribution in [0.5, 0.6) is 0 Å². The summed E-state index contributed by atoms with van der Waals surface area (Å²) in [5, 5.41) is 3.85. The number of fused-ring (bicyclic) bond motifs is 1. The molecule has 0 unspecified atom stereocenters. The molecule has 0 aliphatic carbocycles. The monoisotopic (exact) mass is 492 g/mol. The standard InChI is InChI=1S/C26H28N4O2S2/c1-15-4-7-18(8-5-15)22-17(3)34-26-23(22)25(32)28-21(29-26)14-30-12-10-19(11-13-30)27-24(31)20-9-6-16(2)33-20/h4-9,19H,10-14H2,1-3H3,(H,27,31)(H,28,29,32).